The van der Waals surface area contributed by atoms with Crippen molar-refractivity contribution >= 4 is 17.7 Å². The molecule has 1 saturated heterocycles. The smallest absolute Gasteiger partial charge is 0.220 e. The second kappa shape index (κ2) is 5.92. The summed E-state index contributed by atoms with van der Waals surface area (Å²) in [6.45, 7) is 0.959. The average Bonchev–Trinajstić information content (AvgIpc) is 2.73. The highest BCUT2D eigenvalue weighted by Crippen LogP contribution is 2.26. The molecule has 1 unspecified atom stereocenters. The first-order chi connectivity index (χ1) is 7.78. The van der Waals surface area contributed by atoms with E-state index in [0.29, 0.717) is 18.5 Å². The third-order valence-corrected chi connectivity index (χ3v) is 4.88. The van der Waals surface area contributed by atoms with Gasteiger partial charge in [0, 0.05) is 30.3 Å². The van der Waals surface area contributed by atoms with E-state index in [1.165, 1.54) is 25.7 Å². The predicted octanol–water partition coefficient (Wildman–Crippen LogP) is 1.53. The number of hydrogen-bond acceptors (Lipinski definition) is 3. The number of hydrogen-bond donors (Lipinski definition) is 2. The molecule has 1 saturated carbocycles. The van der Waals surface area contributed by atoms with Crippen molar-refractivity contribution in [1.29, 1.82) is 0 Å². The van der Waals surface area contributed by atoms with Gasteiger partial charge >= 0.3 is 0 Å². The minimum atomic E-state index is 0.220. The van der Waals surface area contributed by atoms with Crippen molar-refractivity contribution in [3.8, 4) is 0 Å². The number of carbonyl (C=O) groups is 1. The molecule has 0 aromatic carbocycles. The van der Waals surface area contributed by atoms with Crippen molar-refractivity contribution < 1.29 is 4.79 Å². The molecule has 0 radical (unpaired) electrons. The summed E-state index contributed by atoms with van der Waals surface area (Å²) in [4.78, 5) is 11.0. The Bertz CT molecular complexity index is 239. The minimum absolute atomic E-state index is 0.220. The molecule has 1 heterocycles. The highest BCUT2D eigenvalue weighted by Gasteiger charge is 2.23. The van der Waals surface area contributed by atoms with E-state index >= 15 is 0 Å². The van der Waals surface area contributed by atoms with Gasteiger partial charge in [-0.05, 0) is 38.4 Å². The fourth-order valence-corrected chi connectivity index (χ4v) is 3.39. The third-order valence-electron chi connectivity index (χ3n) is 3.75. The topological polar surface area (TPSA) is 41.1 Å². The van der Waals surface area contributed by atoms with Crippen LogP contribution in [0.2, 0.25) is 0 Å². The Labute approximate surface area is 102 Å². The second-order valence-corrected chi connectivity index (χ2v) is 6.06. The van der Waals surface area contributed by atoms with Crippen molar-refractivity contribution in [2.45, 2.75) is 55.9 Å². The van der Waals surface area contributed by atoms with Gasteiger partial charge in [-0.25, -0.2) is 0 Å². The quantitative estimate of drug-likeness (QED) is 0.785. The zero-order chi connectivity index (χ0) is 11.4. The first kappa shape index (κ1) is 12.2. The molecule has 16 heavy (non-hydrogen) atoms. The number of thioether (sulfide) groups is 1. The molecule has 0 aromatic heterocycles. The summed E-state index contributed by atoms with van der Waals surface area (Å²) < 4.78 is 0. The Hall–Kier alpha value is -0.220. The Morgan fingerprint density at radius 1 is 1.31 bits per heavy atom. The Balaban J connectivity index is 1.62. The van der Waals surface area contributed by atoms with Crippen LogP contribution in [0.1, 0.15) is 38.5 Å². The molecular weight excluding hydrogens is 220 g/mol. The van der Waals surface area contributed by atoms with Gasteiger partial charge in [0.1, 0.15) is 0 Å². The molecule has 2 fully saturated rings. The van der Waals surface area contributed by atoms with Crippen LogP contribution in [0.5, 0.6) is 0 Å². The number of carbonyl (C=O) groups excluding carboxylic acids is 1. The fourth-order valence-electron chi connectivity index (χ4n) is 2.64. The lowest BCUT2D eigenvalue weighted by molar-refractivity contribution is -0.119. The highest BCUT2D eigenvalue weighted by atomic mass is 32.2. The molecule has 1 aliphatic heterocycles. The van der Waals surface area contributed by atoms with Gasteiger partial charge in [0.2, 0.25) is 5.91 Å². The van der Waals surface area contributed by atoms with Gasteiger partial charge in [0.15, 0.2) is 0 Å². The van der Waals surface area contributed by atoms with Crippen molar-refractivity contribution in [3.05, 3.63) is 0 Å². The fraction of sp³-hybridized carbons (Fsp3) is 0.917. The highest BCUT2D eigenvalue weighted by molar-refractivity contribution is 7.99. The second-order valence-electron chi connectivity index (χ2n) is 4.92. The SMILES string of the molecule is CSC1CCC(NCC2CCC(=O)N2)CC1. The van der Waals surface area contributed by atoms with Gasteiger partial charge in [0.05, 0.1) is 0 Å². The number of nitrogens with one attached hydrogen (secondary N) is 2. The van der Waals surface area contributed by atoms with E-state index in [4.69, 9.17) is 0 Å². The number of rotatable bonds is 4. The van der Waals surface area contributed by atoms with E-state index in [2.05, 4.69) is 16.9 Å². The minimum Gasteiger partial charge on any atom is -0.352 e. The van der Waals surface area contributed by atoms with Crippen molar-refractivity contribution in [3.63, 3.8) is 0 Å². The van der Waals surface area contributed by atoms with Crippen LogP contribution in [0.4, 0.5) is 0 Å². The summed E-state index contributed by atoms with van der Waals surface area (Å²) in [5.41, 5.74) is 0. The lowest BCUT2D eigenvalue weighted by Crippen LogP contribution is -2.42. The summed E-state index contributed by atoms with van der Waals surface area (Å²) >= 11 is 2.01. The third kappa shape index (κ3) is 3.39. The Morgan fingerprint density at radius 3 is 2.62 bits per heavy atom. The molecule has 4 heteroatoms. The van der Waals surface area contributed by atoms with Crippen LogP contribution in [-0.2, 0) is 4.79 Å². The van der Waals surface area contributed by atoms with Crippen LogP contribution >= 0.6 is 11.8 Å². The molecule has 1 atom stereocenters. The molecule has 2 rings (SSSR count). The van der Waals surface area contributed by atoms with Gasteiger partial charge in [-0.3, -0.25) is 4.79 Å². The molecule has 3 nitrogen and oxygen atoms in total. The summed E-state index contributed by atoms with van der Waals surface area (Å²) in [5, 5.41) is 7.49. The molecule has 0 aromatic rings. The zero-order valence-electron chi connectivity index (χ0n) is 10.00. The zero-order valence-corrected chi connectivity index (χ0v) is 10.8. The Kier molecular flexibility index (Phi) is 4.53. The van der Waals surface area contributed by atoms with E-state index in [-0.39, 0.29) is 5.91 Å². The van der Waals surface area contributed by atoms with Crippen molar-refractivity contribution in [2.24, 2.45) is 0 Å². The lowest BCUT2D eigenvalue weighted by atomic mass is 9.95. The molecule has 0 bridgehead atoms. The average molecular weight is 242 g/mol. The van der Waals surface area contributed by atoms with E-state index < -0.39 is 0 Å². The van der Waals surface area contributed by atoms with Crippen LogP contribution in [0.25, 0.3) is 0 Å². The van der Waals surface area contributed by atoms with Crippen molar-refractivity contribution in [2.75, 3.05) is 12.8 Å². The van der Waals surface area contributed by atoms with Gasteiger partial charge < -0.3 is 10.6 Å². The predicted molar refractivity (Wildman–Crippen MR) is 68.7 cm³/mol. The summed E-state index contributed by atoms with van der Waals surface area (Å²) in [6.07, 6.45) is 9.22. The largest absolute Gasteiger partial charge is 0.352 e. The monoisotopic (exact) mass is 242 g/mol. The van der Waals surface area contributed by atoms with Crippen LogP contribution in [0.15, 0.2) is 0 Å². The maximum absolute atomic E-state index is 11.0. The molecule has 92 valence electrons. The van der Waals surface area contributed by atoms with E-state index in [1.807, 2.05) is 11.8 Å². The van der Waals surface area contributed by atoms with E-state index in [1.54, 1.807) is 0 Å². The number of amides is 1. The maximum Gasteiger partial charge on any atom is 0.220 e. The maximum atomic E-state index is 11.0. The van der Waals surface area contributed by atoms with Gasteiger partial charge in [-0.1, -0.05) is 0 Å². The normalized spacial score (nSPS) is 35.1. The lowest BCUT2D eigenvalue weighted by Gasteiger charge is -2.29. The van der Waals surface area contributed by atoms with Crippen LogP contribution in [0.3, 0.4) is 0 Å². The van der Waals surface area contributed by atoms with Crippen LogP contribution in [-0.4, -0.2) is 36.0 Å². The van der Waals surface area contributed by atoms with Gasteiger partial charge in [-0.2, -0.15) is 11.8 Å². The molecule has 2 aliphatic rings. The molecular formula is C12H22N2OS. The van der Waals surface area contributed by atoms with Crippen LogP contribution in [0, 0.1) is 0 Å². The molecule has 0 spiro atoms. The Morgan fingerprint density at radius 2 is 2.06 bits per heavy atom. The van der Waals surface area contributed by atoms with E-state index in [9.17, 15) is 4.79 Å². The van der Waals surface area contributed by atoms with Gasteiger partial charge in [-0.15, -0.1) is 0 Å². The summed E-state index contributed by atoms with van der Waals surface area (Å²) in [6, 6.07) is 1.06. The van der Waals surface area contributed by atoms with Crippen LogP contribution < -0.4 is 10.6 Å². The first-order valence-electron chi connectivity index (χ1n) is 6.33. The van der Waals surface area contributed by atoms with E-state index in [0.717, 1.165) is 18.2 Å². The van der Waals surface area contributed by atoms with Crippen molar-refractivity contribution in [1.82, 2.24) is 10.6 Å². The first-order valence-corrected chi connectivity index (χ1v) is 7.62. The van der Waals surface area contributed by atoms with Gasteiger partial charge in [0.25, 0.3) is 0 Å². The summed E-state index contributed by atoms with van der Waals surface area (Å²) in [7, 11) is 0. The standard InChI is InChI=1S/C12H22N2OS/c1-16-11-5-2-9(3-6-11)13-8-10-4-7-12(15)14-10/h9-11,13H,2-8H2,1H3,(H,14,15). The molecule has 1 aliphatic carbocycles. The molecule has 2 N–H and O–H groups in total. The summed E-state index contributed by atoms with van der Waals surface area (Å²) in [5.74, 6) is 0.220. The molecule has 1 amide bonds.